The lowest BCUT2D eigenvalue weighted by Gasteiger charge is -2.32. The van der Waals surface area contributed by atoms with Gasteiger partial charge in [-0.3, -0.25) is 4.79 Å². The summed E-state index contributed by atoms with van der Waals surface area (Å²) in [5, 5.41) is 8.92. The van der Waals surface area contributed by atoms with Crippen LogP contribution in [0.25, 0.3) is 0 Å². The van der Waals surface area contributed by atoms with Crippen molar-refractivity contribution < 1.29 is 14.7 Å². The van der Waals surface area contributed by atoms with Crippen molar-refractivity contribution in [3.05, 3.63) is 71.3 Å². The third kappa shape index (κ3) is 4.94. The molecule has 2 aromatic carbocycles. The first kappa shape index (κ1) is 18.2. The first-order valence-electron chi connectivity index (χ1n) is 9.26. The van der Waals surface area contributed by atoms with E-state index in [1.807, 2.05) is 11.0 Å². The zero-order chi connectivity index (χ0) is 18.4. The van der Waals surface area contributed by atoms with E-state index in [0.29, 0.717) is 18.8 Å². The van der Waals surface area contributed by atoms with Gasteiger partial charge in [-0.1, -0.05) is 42.5 Å². The van der Waals surface area contributed by atoms with Gasteiger partial charge in [-0.15, -0.1) is 0 Å². The number of hydrogen-bond acceptors (Lipinski definition) is 2. The SMILES string of the molecule is O=C(O)c1ccc(CCC(=O)N2CCC(Cc3ccccc3)CC2)cc1. The number of aromatic carboxylic acids is 1. The number of carbonyl (C=O) groups excluding carboxylic acids is 1. The number of likely N-dealkylation sites (tertiary alicyclic amines) is 1. The molecule has 0 saturated carbocycles. The minimum Gasteiger partial charge on any atom is -0.478 e. The van der Waals surface area contributed by atoms with Crippen LogP contribution in [0.1, 0.15) is 40.7 Å². The van der Waals surface area contributed by atoms with E-state index in [0.717, 1.165) is 37.9 Å². The normalized spacial score (nSPS) is 15.0. The molecule has 2 aromatic rings. The molecule has 0 atom stereocenters. The van der Waals surface area contributed by atoms with Gasteiger partial charge in [0.2, 0.25) is 5.91 Å². The Morgan fingerprint density at radius 2 is 1.58 bits per heavy atom. The van der Waals surface area contributed by atoms with Crippen molar-refractivity contribution in [1.29, 1.82) is 0 Å². The molecule has 0 aromatic heterocycles. The highest BCUT2D eigenvalue weighted by Gasteiger charge is 2.22. The molecule has 26 heavy (non-hydrogen) atoms. The number of amides is 1. The average Bonchev–Trinajstić information content (AvgIpc) is 2.68. The van der Waals surface area contributed by atoms with E-state index in [2.05, 4.69) is 24.3 Å². The number of nitrogens with zero attached hydrogens (tertiary/aromatic N) is 1. The topological polar surface area (TPSA) is 57.6 Å². The first-order chi connectivity index (χ1) is 12.6. The lowest BCUT2D eigenvalue weighted by Crippen LogP contribution is -2.39. The molecule has 3 rings (SSSR count). The molecular formula is C22H25NO3. The van der Waals surface area contributed by atoms with Gasteiger partial charge in [-0.2, -0.15) is 0 Å². The van der Waals surface area contributed by atoms with Gasteiger partial charge < -0.3 is 10.0 Å². The number of piperidine rings is 1. The van der Waals surface area contributed by atoms with Gasteiger partial charge in [-0.05, 0) is 54.9 Å². The molecule has 1 saturated heterocycles. The number of carboxylic acids is 1. The van der Waals surface area contributed by atoms with Gasteiger partial charge in [0, 0.05) is 19.5 Å². The second-order valence-electron chi connectivity index (χ2n) is 7.02. The summed E-state index contributed by atoms with van der Waals surface area (Å²) >= 11 is 0. The maximum absolute atomic E-state index is 12.4. The van der Waals surface area contributed by atoms with Crippen molar-refractivity contribution >= 4 is 11.9 Å². The zero-order valence-electron chi connectivity index (χ0n) is 14.9. The van der Waals surface area contributed by atoms with Crippen molar-refractivity contribution in [2.75, 3.05) is 13.1 Å². The Morgan fingerprint density at radius 3 is 2.19 bits per heavy atom. The standard InChI is InChI=1S/C22H25NO3/c24-21(11-8-17-6-9-20(10-7-17)22(25)26)23-14-12-19(13-15-23)16-18-4-2-1-3-5-18/h1-7,9-10,19H,8,11-16H2,(H,25,26). The fourth-order valence-electron chi connectivity index (χ4n) is 3.56. The molecule has 1 fully saturated rings. The van der Waals surface area contributed by atoms with E-state index in [9.17, 15) is 9.59 Å². The highest BCUT2D eigenvalue weighted by molar-refractivity contribution is 5.87. The molecule has 1 aliphatic rings. The quantitative estimate of drug-likeness (QED) is 0.861. The number of rotatable bonds is 6. The van der Waals surface area contributed by atoms with E-state index in [-0.39, 0.29) is 11.5 Å². The third-order valence-corrected chi connectivity index (χ3v) is 5.16. The molecule has 1 heterocycles. The van der Waals surface area contributed by atoms with Gasteiger partial charge in [0.25, 0.3) is 0 Å². The van der Waals surface area contributed by atoms with E-state index in [1.165, 1.54) is 5.56 Å². The van der Waals surface area contributed by atoms with Gasteiger partial charge in [0.15, 0.2) is 0 Å². The molecule has 0 unspecified atom stereocenters. The number of hydrogen-bond donors (Lipinski definition) is 1. The highest BCUT2D eigenvalue weighted by Crippen LogP contribution is 2.22. The first-order valence-corrected chi connectivity index (χ1v) is 9.26. The smallest absolute Gasteiger partial charge is 0.335 e. The minimum atomic E-state index is -0.925. The summed E-state index contributed by atoms with van der Waals surface area (Å²) in [5.41, 5.74) is 2.66. The number of benzene rings is 2. The third-order valence-electron chi connectivity index (χ3n) is 5.16. The Hall–Kier alpha value is -2.62. The van der Waals surface area contributed by atoms with Crippen molar-refractivity contribution in [3.8, 4) is 0 Å². The highest BCUT2D eigenvalue weighted by atomic mass is 16.4. The lowest BCUT2D eigenvalue weighted by atomic mass is 9.90. The van der Waals surface area contributed by atoms with E-state index in [4.69, 9.17) is 5.11 Å². The van der Waals surface area contributed by atoms with E-state index in [1.54, 1.807) is 24.3 Å². The monoisotopic (exact) mass is 351 g/mol. The van der Waals surface area contributed by atoms with Crippen LogP contribution in [0.15, 0.2) is 54.6 Å². The van der Waals surface area contributed by atoms with Crippen LogP contribution >= 0.6 is 0 Å². The van der Waals surface area contributed by atoms with Gasteiger partial charge in [0.05, 0.1) is 5.56 Å². The molecule has 0 aliphatic carbocycles. The van der Waals surface area contributed by atoms with Crippen LogP contribution in [-0.2, 0) is 17.6 Å². The van der Waals surface area contributed by atoms with Crippen LogP contribution < -0.4 is 0 Å². The molecule has 4 heteroatoms. The maximum Gasteiger partial charge on any atom is 0.335 e. The van der Waals surface area contributed by atoms with Crippen molar-refractivity contribution in [3.63, 3.8) is 0 Å². The fraction of sp³-hybridized carbons (Fsp3) is 0.364. The van der Waals surface area contributed by atoms with E-state index < -0.39 is 5.97 Å². The summed E-state index contributed by atoms with van der Waals surface area (Å²) in [4.78, 5) is 25.3. The van der Waals surface area contributed by atoms with Crippen LogP contribution in [0, 0.1) is 5.92 Å². The van der Waals surface area contributed by atoms with Gasteiger partial charge in [0.1, 0.15) is 0 Å². The van der Waals surface area contributed by atoms with Gasteiger partial charge in [-0.25, -0.2) is 4.79 Å². The Morgan fingerprint density at radius 1 is 0.923 bits per heavy atom. The second kappa shape index (κ2) is 8.65. The van der Waals surface area contributed by atoms with Crippen molar-refractivity contribution in [2.24, 2.45) is 5.92 Å². The lowest BCUT2D eigenvalue weighted by molar-refractivity contribution is -0.132. The summed E-state index contributed by atoms with van der Waals surface area (Å²) in [6.07, 6.45) is 4.36. The maximum atomic E-state index is 12.4. The Kier molecular flexibility index (Phi) is 6.05. The summed E-state index contributed by atoms with van der Waals surface area (Å²) in [7, 11) is 0. The Balaban J connectivity index is 1.42. The number of carboxylic acid groups (broad SMARTS) is 1. The summed E-state index contributed by atoms with van der Waals surface area (Å²) in [6, 6.07) is 17.3. The molecule has 1 aliphatic heterocycles. The van der Waals surface area contributed by atoms with Crippen LogP contribution in [0.3, 0.4) is 0 Å². The molecule has 0 radical (unpaired) electrons. The predicted octanol–water partition coefficient (Wildman–Crippen LogP) is 3.80. The Bertz CT molecular complexity index is 732. The molecule has 1 amide bonds. The average molecular weight is 351 g/mol. The van der Waals surface area contributed by atoms with Crippen molar-refractivity contribution in [1.82, 2.24) is 4.90 Å². The zero-order valence-corrected chi connectivity index (χ0v) is 14.9. The molecule has 0 spiro atoms. The van der Waals surface area contributed by atoms with Crippen LogP contribution in [0.5, 0.6) is 0 Å². The van der Waals surface area contributed by atoms with Crippen LogP contribution in [0.2, 0.25) is 0 Å². The van der Waals surface area contributed by atoms with Crippen LogP contribution in [0.4, 0.5) is 0 Å². The van der Waals surface area contributed by atoms with E-state index >= 15 is 0 Å². The number of aryl methyl sites for hydroxylation is 1. The molecule has 1 N–H and O–H groups in total. The summed E-state index contributed by atoms with van der Waals surface area (Å²) in [5.74, 6) is -0.0681. The minimum absolute atomic E-state index is 0.200. The van der Waals surface area contributed by atoms with Crippen LogP contribution in [-0.4, -0.2) is 35.0 Å². The molecule has 136 valence electrons. The van der Waals surface area contributed by atoms with Gasteiger partial charge >= 0.3 is 5.97 Å². The molecule has 4 nitrogen and oxygen atoms in total. The molecular weight excluding hydrogens is 326 g/mol. The largest absolute Gasteiger partial charge is 0.478 e. The molecule has 0 bridgehead atoms. The van der Waals surface area contributed by atoms with Crippen molar-refractivity contribution in [2.45, 2.75) is 32.1 Å². The Labute approximate surface area is 154 Å². The summed E-state index contributed by atoms with van der Waals surface area (Å²) < 4.78 is 0. The number of carbonyl (C=O) groups is 2. The second-order valence-corrected chi connectivity index (χ2v) is 7.02. The predicted molar refractivity (Wildman–Crippen MR) is 101 cm³/mol. The fourth-order valence-corrected chi connectivity index (χ4v) is 3.56. The summed E-state index contributed by atoms with van der Waals surface area (Å²) in [6.45, 7) is 1.68.